The summed E-state index contributed by atoms with van der Waals surface area (Å²) in [5.74, 6) is -1.21. The molecule has 0 bridgehead atoms. The minimum atomic E-state index is -0.952. The summed E-state index contributed by atoms with van der Waals surface area (Å²) in [6.07, 6.45) is 1.21. The summed E-state index contributed by atoms with van der Waals surface area (Å²) in [5, 5.41) is 9.46. The van der Waals surface area contributed by atoms with E-state index in [1.807, 2.05) is 25.2 Å². The van der Waals surface area contributed by atoms with E-state index >= 15 is 0 Å². The van der Waals surface area contributed by atoms with Crippen molar-refractivity contribution >= 4 is 11.9 Å². The van der Waals surface area contributed by atoms with Gasteiger partial charge in [0.25, 0.3) is 0 Å². The normalized spacial score (nSPS) is 21.4. The Hall–Kier alpha value is -1.92. The molecule has 6 heteroatoms. The number of hydrogen-bond donors (Lipinski definition) is 1. The summed E-state index contributed by atoms with van der Waals surface area (Å²) in [6, 6.07) is 9.44. The molecule has 1 amide bonds. The van der Waals surface area contributed by atoms with Crippen LogP contribution in [0.25, 0.3) is 0 Å². The summed E-state index contributed by atoms with van der Waals surface area (Å²) >= 11 is 0. The predicted molar refractivity (Wildman–Crippen MR) is 85.9 cm³/mol. The molecular weight excluding hydrogens is 296 g/mol. The number of carbonyl (C=O) groups is 2. The molecule has 0 aliphatic carbocycles. The van der Waals surface area contributed by atoms with Crippen molar-refractivity contribution in [2.24, 2.45) is 0 Å². The van der Waals surface area contributed by atoms with Crippen LogP contribution in [0.3, 0.4) is 0 Å². The lowest BCUT2D eigenvalue weighted by atomic mass is 9.95. The highest BCUT2D eigenvalue weighted by Crippen LogP contribution is 2.23. The largest absolute Gasteiger partial charge is 0.480 e. The Morgan fingerprint density at radius 2 is 2.04 bits per heavy atom. The second-order valence-electron chi connectivity index (χ2n) is 5.95. The highest BCUT2D eigenvalue weighted by Gasteiger charge is 2.37. The highest BCUT2D eigenvalue weighted by atomic mass is 16.5. The van der Waals surface area contributed by atoms with Gasteiger partial charge in [-0.05, 0) is 25.5 Å². The van der Waals surface area contributed by atoms with E-state index < -0.39 is 12.0 Å². The third kappa shape index (κ3) is 4.53. The van der Waals surface area contributed by atoms with Crippen molar-refractivity contribution in [3.8, 4) is 0 Å². The third-order valence-corrected chi connectivity index (χ3v) is 4.35. The number of aliphatic carboxylic acids is 1. The zero-order valence-electron chi connectivity index (χ0n) is 13.6. The molecule has 1 aromatic carbocycles. The van der Waals surface area contributed by atoms with E-state index in [4.69, 9.17) is 4.74 Å². The minimum Gasteiger partial charge on any atom is -0.480 e. The lowest BCUT2D eigenvalue weighted by Crippen LogP contribution is -2.55. The number of nitrogens with zero attached hydrogens (tertiary/aromatic N) is 2. The lowest BCUT2D eigenvalue weighted by Gasteiger charge is -2.40. The molecule has 23 heavy (non-hydrogen) atoms. The molecule has 0 radical (unpaired) electrons. The topological polar surface area (TPSA) is 70.1 Å². The van der Waals surface area contributed by atoms with Crippen molar-refractivity contribution in [3.05, 3.63) is 35.9 Å². The van der Waals surface area contributed by atoms with Gasteiger partial charge in [0.15, 0.2) is 0 Å². The molecule has 0 unspecified atom stereocenters. The van der Waals surface area contributed by atoms with Gasteiger partial charge in [0.05, 0.1) is 0 Å². The molecule has 1 N–H and O–H groups in total. The molecular formula is C17H24N2O4. The number of carbonyl (C=O) groups excluding carboxylic acids is 1. The van der Waals surface area contributed by atoms with Crippen LogP contribution in [0.5, 0.6) is 0 Å². The van der Waals surface area contributed by atoms with Gasteiger partial charge in [-0.15, -0.1) is 0 Å². The first-order chi connectivity index (χ1) is 11.0. The smallest absolute Gasteiger partial charge is 0.326 e. The average molecular weight is 320 g/mol. The van der Waals surface area contributed by atoms with E-state index in [0.29, 0.717) is 13.0 Å². The first kappa shape index (κ1) is 17.4. The Bertz CT molecular complexity index is 535. The van der Waals surface area contributed by atoms with E-state index in [2.05, 4.69) is 17.0 Å². The maximum atomic E-state index is 12.0. The second kappa shape index (κ2) is 8.08. The molecule has 1 aliphatic heterocycles. The van der Waals surface area contributed by atoms with Crippen LogP contribution in [-0.4, -0.2) is 66.2 Å². The molecule has 0 aromatic heterocycles. The summed E-state index contributed by atoms with van der Waals surface area (Å²) < 4.78 is 4.84. The number of carboxylic acids is 1. The third-order valence-electron chi connectivity index (χ3n) is 4.35. The van der Waals surface area contributed by atoms with Crippen molar-refractivity contribution in [2.75, 3.05) is 27.3 Å². The molecule has 1 heterocycles. The van der Waals surface area contributed by atoms with Crippen LogP contribution in [0.15, 0.2) is 30.3 Å². The van der Waals surface area contributed by atoms with E-state index in [0.717, 1.165) is 13.0 Å². The van der Waals surface area contributed by atoms with Crippen LogP contribution in [0.1, 0.15) is 18.4 Å². The number of rotatable bonds is 6. The molecule has 1 aromatic rings. The summed E-state index contributed by atoms with van der Waals surface area (Å²) in [6.45, 7) is 1.14. The molecule has 0 spiro atoms. The number of piperidine rings is 1. The monoisotopic (exact) mass is 320 g/mol. The van der Waals surface area contributed by atoms with Crippen LogP contribution in [0.2, 0.25) is 0 Å². The van der Waals surface area contributed by atoms with Crippen molar-refractivity contribution < 1.29 is 19.4 Å². The number of benzene rings is 1. The fraction of sp³-hybridized carbons (Fsp3) is 0.529. The Morgan fingerprint density at radius 3 is 2.65 bits per heavy atom. The summed E-state index contributed by atoms with van der Waals surface area (Å²) in [5.41, 5.74) is 1.19. The van der Waals surface area contributed by atoms with Gasteiger partial charge in [0.2, 0.25) is 5.91 Å². The van der Waals surface area contributed by atoms with Gasteiger partial charge >= 0.3 is 5.97 Å². The molecule has 1 fully saturated rings. The average Bonchev–Trinajstić information content (AvgIpc) is 2.55. The minimum absolute atomic E-state index is 0.0751. The van der Waals surface area contributed by atoms with E-state index in [1.165, 1.54) is 17.6 Å². The quantitative estimate of drug-likeness (QED) is 0.853. The highest BCUT2D eigenvalue weighted by molar-refractivity contribution is 5.84. The first-order valence-corrected chi connectivity index (χ1v) is 7.78. The van der Waals surface area contributed by atoms with Gasteiger partial charge in [-0.2, -0.15) is 0 Å². The standard InChI is InChI=1S/C17H24N2O4/c1-18(11-13-6-4-3-5-7-13)14-8-9-19(16(20)12-23-2)15(10-14)17(21)22/h3-7,14-15H,8-12H2,1-2H3,(H,21,22)/t14-,15-/m0/s1. The molecule has 6 nitrogen and oxygen atoms in total. The molecule has 1 saturated heterocycles. The molecule has 0 saturated carbocycles. The van der Waals surface area contributed by atoms with Crippen molar-refractivity contribution in [3.63, 3.8) is 0 Å². The summed E-state index contributed by atoms with van der Waals surface area (Å²) in [7, 11) is 3.44. The summed E-state index contributed by atoms with van der Waals surface area (Å²) in [4.78, 5) is 27.2. The van der Waals surface area contributed by atoms with Crippen LogP contribution in [0, 0.1) is 0 Å². The Balaban J connectivity index is 2.01. The SMILES string of the molecule is COCC(=O)N1CC[C@H](N(C)Cc2ccccc2)C[C@H]1C(=O)O. The molecule has 2 atom stereocenters. The Morgan fingerprint density at radius 1 is 1.35 bits per heavy atom. The zero-order valence-corrected chi connectivity index (χ0v) is 13.6. The van der Waals surface area contributed by atoms with Gasteiger partial charge in [-0.3, -0.25) is 9.69 Å². The number of likely N-dealkylation sites (tertiary alicyclic amines) is 1. The number of methoxy groups -OCH3 is 1. The second-order valence-corrected chi connectivity index (χ2v) is 5.95. The van der Waals surface area contributed by atoms with E-state index in [-0.39, 0.29) is 18.6 Å². The lowest BCUT2D eigenvalue weighted by molar-refractivity contribution is -0.155. The van der Waals surface area contributed by atoms with Crippen molar-refractivity contribution in [2.45, 2.75) is 31.5 Å². The molecule has 2 rings (SSSR count). The number of carboxylic acid groups (broad SMARTS) is 1. The maximum absolute atomic E-state index is 12.0. The predicted octanol–water partition coefficient (Wildman–Crippen LogP) is 1.21. The number of amides is 1. The van der Waals surface area contributed by atoms with E-state index in [1.54, 1.807) is 0 Å². The van der Waals surface area contributed by atoms with Gasteiger partial charge in [0, 0.05) is 26.2 Å². The van der Waals surface area contributed by atoms with Crippen molar-refractivity contribution in [1.82, 2.24) is 9.80 Å². The number of ether oxygens (including phenoxy) is 1. The number of hydrogen-bond acceptors (Lipinski definition) is 4. The van der Waals surface area contributed by atoms with Gasteiger partial charge in [0.1, 0.15) is 12.6 Å². The van der Waals surface area contributed by atoms with Crippen LogP contribution >= 0.6 is 0 Å². The van der Waals surface area contributed by atoms with Crippen LogP contribution < -0.4 is 0 Å². The fourth-order valence-corrected chi connectivity index (χ4v) is 3.09. The molecule has 126 valence electrons. The van der Waals surface area contributed by atoms with Gasteiger partial charge in [-0.25, -0.2) is 4.79 Å². The van der Waals surface area contributed by atoms with Gasteiger partial charge in [-0.1, -0.05) is 30.3 Å². The van der Waals surface area contributed by atoms with Gasteiger partial charge < -0.3 is 14.7 Å². The fourth-order valence-electron chi connectivity index (χ4n) is 3.09. The van der Waals surface area contributed by atoms with Crippen LogP contribution in [0.4, 0.5) is 0 Å². The Kier molecular flexibility index (Phi) is 6.12. The van der Waals surface area contributed by atoms with Crippen molar-refractivity contribution in [1.29, 1.82) is 0 Å². The van der Waals surface area contributed by atoms with Crippen LogP contribution in [-0.2, 0) is 20.9 Å². The van der Waals surface area contributed by atoms with E-state index in [9.17, 15) is 14.7 Å². The Labute approximate surface area is 136 Å². The maximum Gasteiger partial charge on any atom is 0.326 e. The zero-order chi connectivity index (χ0) is 16.8. The first-order valence-electron chi connectivity index (χ1n) is 7.78. The molecule has 1 aliphatic rings.